The van der Waals surface area contributed by atoms with Gasteiger partial charge in [-0.15, -0.1) is 11.3 Å². The molecule has 2 saturated heterocycles. The highest BCUT2D eigenvalue weighted by molar-refractivity contribution is 7.10. The second kappa shape index (κ2) is 12.5. The number of carboxylic acid groups (broad SMARTS) is 1. The molecule has 13 heteroatoms. The Balaban J connectivity index is 1.32. The molecule has 1 unspecified atom stereocenters. The van der Waals surface area contributed by atoms with Gasteiger partial charge >= 0.3 is 17.7 Å². The molecule has 0 aliphatic carbocycles. The molecule has 12 nitrogen and oxygen atoms in total. The molecule has 0 spiro atoms. The van der Waals surface area contributed by atoms with Crippen LogP contribution >= 0.6 is 11.3 Å². The average molecular weight is 569 g/mol. The lowest BCUT2D eigenvalue weighted by Crippen LogP contribution is -2.35. The number of carbonyl (C=O) groups is 2. The Kier molecular flexibility index (Phi) is 8.67. The van der Waals surface area contributed by atoms with Gasteiger partial charge in [-0.1, -0.05) is 36.4 Å². The number of carboxylic acids is 1. The largest absolute Gasteiger partial charge is 0.478 e. The fourth-order valence-corrected chi connectivity index (χ4v) is 5.27. The van der Waals surface area contributed by atoms with Crippen LogP contribution in [0.25, 0.3) is 6.08 Å². The Labute approximate surface area is 233 Å². The van der Waals surface area contributed by atoms with Gasteiger partial charge in [-0.25, -0.2) is 14.4 Å². The van der Waals surface area contributed by atoms with Crippen molar-refractivity contribution in [3.05, 3.63) is 86.6 Å². The number of rotatable bonds is 10. The zero-order valence-electron chi connectivity index (χ0n) is 21.5. The number of anilines is 1. The molecule has 2 amide bonds. The topological polar surface area (TPSA) is 150 Å². The maximum absolute atomic E-state index is 12.9. The van der Waals surface area contributed by atoms with E-state index < -0.39 is 48.5 Å². The number of thiophene rings is 1. The molecular formula is C27H28N4O8S. The van der Waals surface area contributed by atoms with E-state index >= 15 is 0 Å². The number of amides is 2. The van der Waals surface area contributed by atoms with Crippen molar-refractivity contribution in [3.63, 3.8) is 0 Å². The van der Waals surface area contributed by atoms with Gasteiger partial charge in [-0.05, 0) is 36.1 Å². The van der Waals surface area contributed by atoms with Gasteiger partial charge in [0, 0.05) is 17.6 Å². The summed E-state index contributed by atoms with van der Waals surface area (Å²) in [5.74, 6) is -0.922. The Morgan fingerprint density at radius 3 is 2.70 bits per heavy atom. The van der Waals surface area contributed by atoms with Gasteiger partial charge in [-0.3, -0.25) is 9.88 Å². The summed E-state index contributed by atoms with van der Waals surface area (Å²) in [5.41, 5.74) is 0.523. The SMILES string of the molecule is CCNC(=O)Nc1ccn([C@@H]2O[C@H](COCc3sccc3C(=O)O)C3O[C@H](/C=C/c4ccccc4)O[C@@H]32)c(=O)n1. The number of fused-ring (bicyclic) bond motifs is 1. The predicted octanol–water partition coefficient (Wildman–Crippen LogP) is 3.08. The molecule has 4 heterocycles. The number of nitrogens with one attached hydrogen (secondary N) is 2. The average Bonchev–Trinajstić information content (AvgIpc) is 3.65. The highest BCUT2D eigenvalue weighted by atomic mass is 32.1. The van der Waals surface area contributed by atoms with Gasteiger partial charge in [0.1, 0.15) is 24.1 Å². The van der Waals surface area contributed by atoms with Gasteiger partial charge in [-0.2, -0.15) is 4.98 Å². The van der Waals surface area contributed by atoms with Crippen molar-refractivity contribution < 1.29 is 33.6 Å². The minimum atomic E-state index is -1.02. The van der Waals surface area contributed by atoms with Crippen LogP contribution in [0.1, 0.15) is 34.0 Å². The zero-order valence-corrected chi connectivity index (χ0v) is 22.3. The van der Waals surface area contributed by atoms with E-state index in [-0.39, 0.29) is 24.6 Å². The summed E-state index contributed by atoms with van der Waals surface area (Å²) in [6, 6.07) is 12.2. The number of aromatic nitrogens is 2. The molecule has 3 N–H and O–H groups in total. The first-order valence-electron chi connectivity index (χ1n) is 12.6. The van der Waals surface area contributed by atoms with Gasteiger partial charge in [0.25, 0.3) is 0 Å². The minimum absolute atomic E-state index is 0.0755. The number of benzene rings is 1. The summed E-state index contributed by atoms with van der Waals surface area (Å²) in [7, 11) is 0. The van der Waals surface area contributed by atoms with Crippen molar-refractivity contribution >= 4 is 35.2 Å². The zero-order chi connectivity index (χ0) is 28.1. The number of urea groups is 1. The van der Waals surface area contributed by atoms with E-state index in [0.29, 0.717) is 11.4 Å². The van der Waals surface area contributed by atoms with Crippen LogP contribution in [0.3, 0.4) is 0 Å². The quantitative estimate of drug-likeness (QED) is 0.335. The van der Waals surface area contributed by atoms with Crippen LogP contribution in [0.4, 0.5) is 10.6 Å². The van der Waals surface area contributed by atoms with Crippen LogP contribution in [0.2, 0.25) is 0 Å². The van der Waals surface area contributed by atoms with Gasteiger partial charge in [0.2, 0.25) is 0 Å². The molecule has 0 bridgehead atoms. The van der Waals surface area contributed by atoms with Crippen molar-refractivity contribution in [2.75, 3.05) is 18.5 Å². The number of hydrogen-bond donors (Lipinski definition) is 3. The highest BCUT2D eigenvalue weighted by Gasteiger charge is 2.53. The third kappa shape index (κ3) is 6.29. The summed E-state index contributed by atoms with van der Waals surface area (Å²) < 4.78 is 25.6. The van der Waals surface area contributed by atoms with Crippen LogP contribution in [-0.2, 0) is 25.6 Å². The summed E-state index contributed by atoms with van der Waals surface area (Å²) in [6.07, 6.45) is 1.74. The lowest BCUT2D eigenvalue weighted by atomic mass is 10.1. The van der Waals surface area contributed by atoms with Crippen molar-refractivity contribution in [2.24, 2.45) is 0 Å². The Morgan fingerprint density at radius 1 is 1.15 bits per heavy atom. The van der Waals surface area contributed by atoms with Crippen molar-refractivity contribution in [1.82, 2.24) is 14.9 Å². The molecule has 1 aromatic carbocycles. The van der Waals surface area contributed by atoms with E-state index in [1.54, 1.807) is 18.4 Å². The van der Waals surface area contributed by atoms with Crippen LogP contribution in [0.15, 0.2) is 64.9 Å². The van der Waals surface area contributed by atoms with Crippen molar-refractivity contribution in [3.8, 4) is 0 Å². The normalized spacial score (nSPS) is 23.8. The first-order chi connectivity index (χ1) is 19.4. The number of nitrogens with zero attached hydrogens (tertiary/aromatic N) is 2. The standard InChI is InChI=1S/C27H28N4O8S/c1-2-28-26(34)29-20-10-12-31(27(35)30-20)24-23-22(38-21(39-23)9-8-16-6-4-3-5-7-16)18(37-24)14-36-15-19-17(25(32)33)11-13-40-19/h3-13,18,21-24H,2,14-15H2,1H3,(H,32,33)(H2,28,29,30,34,35)/b9-8+/t18-,21+,22?,23+,24-/m1/s1. The predicted molar refractivity (Wildman–Crippen MR) is 145 cm³/mol. The molecule has 2 aliphatic rings. The van der Waals surface area contributed by atoms with E-state index in [0.717, 1.165) is 5.56 Å². The monoisotopic (exact) mass is 568 g/mol. The molecule has 2 fully saturated rings. The summed E-state index contributed by atoms with van der Waals surface area (Å²) in [6.45, 7) is 2.36. The second-order valence-corrected chi connectivity index (χ2v) is 9.97. The number of carbonyl (C=O) groups excluding carboxylic acids is 1. The molecule has 0 saturated carbocycles. The van der Waals surface area contributed by atoms with E-state index in [1.807, 2.05) is 36.4 Å². The maximum atomic E-state index is 12.9. The van der Waals surface area contributed by atoms with E-state index in [9.17, 15) is 19.5 Å². The first kappa shape index (κ1) is 27.7. The fourth-order valence-electron chi connectivity index (χ4n) is 4.47. The lowest BCUT2D eigenvalue weighted by Gasteiger charge is -2.20. The van der Waals surface area contributed by atoms with Gasteiger partial charge < -0.3 is 29.4 Å². The third-order valence-electron chi connectivity index (χ3n) is 6.29. The minimum Gasteiger partial charge on any atom is -0.478 e. The van der Waals surface area contributed by atoms with Crippen LogP contribution in [0, 0.1) is 0 Å². The summed E-state index contributed by atoms with van der Waals surface area (Å²) in [5, 5.41) is 16.1. The molecule has 2 aliphatic heterocycles. The maximum Gasteiger partial charge on any atom is 0.351 e. The third-order valence-corrected chi connectivity index (χ3v) is 7.18. The molecule has 40 heavy (non-hydrogen) atoms. The molecule has 5 atom stereocenters. The smallest absolute Gasteiger partial charge is 0.351 e. The van der Waals surface area contributed by atoms with Gasteiger partial charge in [0.05, 0.1) is 18.8 Å². The van der Waals surface area contributed by atoms with E-state index in [4.69, 9.17) is 18.9 Å². The number of hydrogen-bond acceptors (Lipinski definition) is 9. The molecule has 2 aromatic heterocycles. The van der Waals surface area contributed by atoms with E-state index in [1.165, 1.54) is 34.2 Å². The first-order valence-corrected chi connectivity index (χ1v) is 13.5. The summed E-state index contributed by atoms with van der Waals surface area (Å²) in [4.78, 5) is 40.7. The van der Waals surface area contributed by atoms with Crippen LogP contribution < -0.4 is 16.3 Å². The second-order valence-electron chi connectivity index (χ2n) is 8.97. The lowest BCUT2D eigenvalue weighted by molar-refractivity contribution is -0.141. The Hall–Kier alpha value is -3.88. The molecule has 3 aromatic rings. The van der Waals surface area contributed by atoms with Crippen molar-refractivity contribution in [2.45, 2.75) is 44.4 Å². The molecule has 210 valence electrons. The highest BCUT2D eigenvalue weighted by Crippen LogP contribution is 2.39. The molecular weight excluding hydrogens is 540 g/mol. The van der Waals surface area contributed by atoms with Crippen molar-refractivity contribution in [1.29, 1.82) is 0 Å². The van der Waals surface area contributed by atoms with Crippen LogP contribution in [0.5, 0.6) is 0 Å². The Morgan fingerprint density at radius 2 is 1.95 bits per heavy atom. The van der Waals surface area contributed by atoms with Gasteiger partial charge in [0.15, 0.2) is 12.5 Å². The fraction of sp³-hybridized carbons (Fsp3) is 0.333. The number of ether oxygens (including phenoxy) is 4. The molecule has 5 rings (SSSR count). The molecule has 0 radical (unpaired) electrons. The van der Waals surface area contributed by atoms with E-state index in [2.05, 4.69) is 15.6 Å². The summed E-state index contributed by atoms with van der Waals surface area (Å²) >= 11 is 1.29. The number of aromatic carboxylic acids is 1. The van der Waals surface area contributed by atoms with Crippen LogP contribution in [-0.4, -0.2) is 64.4 Å². The Bertz CT molecular complexity index is 1430.